The minimum Gasteiger partial charge on any atom is -0.478 e. The zero-order valence-corrected chi connectivity index (χ0v) is 13.6. The number of benzene rings is 2. The first-order valence-electron chi connectivity index (χ1n) is 8.06. The molecule has 1 N–H and O–H groups in total. The smallest absolute Gasteiger partial charge is 0.268 e. The van der Waals surface area contributed by atoms with Crippen molar-refractivity contribution in [1.29, 1.82) is 0 Å². The second-order valence-corrected chi connectivity index (χ2v) is 5.67. The van der Waals surface area contributed by atoms with Crippen LogP contribution in [-0.2, 0) is 16.1 Å². The molecule has 0 fully saturated rings. The van der Waals surface area contributed by atoms with E-state index in [0.717, 1.165) is 5.56 Å². The lowest BCUT2D eigenvalue weighted by Crippen LogP contribution is -2.49. The Kier molecular flexibility index (Phi) is 4.79. The first kappa shape index (κ1) is 16.1. The maximum Gasteiger partial charge on any atom is 0.268 e. The third kappa shape index (κ3) is 3.40. The van der Waals surface area contributed by atoms with Crippen LogP contribution in [0.4, 0.5) is 5.69 Å². The molecule has 5 nitrogen and oxygen atoms in total. The molecule has 2 aromatic carbocycles. The molecule has 0 radical (unpaired) electrons. The number of carbonyl (C=O) groups excluding carboxylic acids is 2. The molecule has 0 aromatic heterocycles. The van der Waals surface area contributed by atoms with Crippen LogP contribution in [0.2, 0.25) is 0 Å². The number of amides is 2. The number of fused-ring (bicyclic) bond motifs is 1. The summed E-state index contributed by atoms with van der Waals surface area (Å²) in [5.74, 6) is 0.268. The molecule has 1 heterocycles. The van der Waals surface area contributed by atoms with Crippen LogP contribution in [0.25, 0.3) is 0 Å². The topological polar surface area (TPSA) is 58.6 Å². The molecule has 24 heavy (non-hydrogen) atoms. The van der Waals surface area contributed by atoms with Gasteiger partial charge in [0.15, 0.2) is 6.10 Å². The van der Waals surface area contributed by atoms with E-state index >= 15 is 0 Å². The summed E-state index contributed by atoms with van der Waals surface area (Å²) in [5.41, 5.74) is 1.66. The van der Waals surface area contributed by atoms with E-state index < -0.39 is 6.10 Å². The molecule has 1 aliphatic heterocycles. The van der Waals surface area contributed by atoms with Gasteiger partial charge in [0.2, 0.25) is 5.91 Å². The fourth-order valence-corrected chi connectivity index (χ4v) is 2.69. The summed E-state index contributed by atoms with van der Waals surface area (Å²) in [6.07, 6.45) is 0.0248. The van der Waals surface area contributed by atoms with Crippen LogP contribution in [0.15, 0.2) is 54.6 Å². The Balaban J connectivity index is 1.70. The Morgan fingerprint density at radius 1 is 1.12 bits per heavy atom. The largest absolute Gasteiger partial charge is 0.478 e. The Bertz CT molecular complexity index is 730. The molecule has 1 aliphatic rings. The Morgan fingerprint density at radius 3 is 2.58 bits per heavy atom. The number of nitrogens with zero attached hydrogens (tertiary/aromatic N) is 1. The van der Waals surface area contributed by atoms with Gasteiger partial charge in [0, 0.05) is 6.54 Å². The molecule has 0 bridgehead atoms. The summed E-state index contributed by atoms with van der Waals surface area (Å²) in [6.45, 7) is 2.32. The number of nitrogens with one attached hydrogen (secondary N) is 1. The van der Waals surface area contributed by atoms with Crippen molar-refractivity contribution in [2.75, 3.05) is 11.4 Å². The fraction of sp³-hybridized carbons (Fsp3) is 0.263. The average molecular weight is 324 g/mol. The fourth-order valence-electron chi connectivity index (χ4n) is 2.69. The van der Waals surface area contributed by atoms with Crippen LogP contribution in [0.3, 0.4) is 0 Å². The number of rotatable bonds is 5. The van der Waals surface area contributed by atoms with Crippen LogP contribution in [0.5, 0.6) is 5.75 Å². The number of hydrogen-bond donors (Lipinski definition) is 1. The Labute approximate surface area is 141 Å². The van der Waals surface area contributed by atoms with E-state index in [0.29, 0.717) is 24.4 Å². The maximum absolute atomic E-state index is 12.5. The summed E-state index contributed by atoms with van der Waals surface area (Å²) in [4.78, 5) is 26.3. The molecular formula is C19H20N2O3. The van der Waals surface area contributed by atoms with E-state index in [4.69, 9.17) is 4.74 Å². The van der Waals surface area contributed by atoms with Crippen molar-refractivity contribution in [2.24, 2.45) is 0 Å². The van der Waals surface area contributed by atoms with E-state index in [2.05, 4.69) is 5.32 Å². The highest BCUT2D eigenvalue weighted by Gasteiger charge is 2.34. The van der Waals surface area contributed by atoms with Gasteiger partial charge in [-0.05, 0) is 24.1 Å². The van der Waals surface area contributed by atoms with Crippen LogP contribution in [0.1, 0.15) is 18.9 Å². The normalized spacial score (nSPS) is 16.3. The highest BCUT2D eigenvalue weighted by molar-refractivity contribution is 6.03. The van der Waals surface area contributed by atoms with Gasteiger partial charge in [-0.15, -0.1) is 0 Å². The monoisotopic (exact) mass is 324 g/mol. The van der Waals surface area contributed by atoms with Gasteiger partial charge in [0.05, 0.1) is 5.69 Å². The van der Waals surface area contributed by atoms with Crippen LogP contribution in [0, 0.1) is 0 Å². The molecule has 0 saturated heterocycles. The van der Waals surface area contributed by atoms with Gasteiger partial charge in [0.1, 0.15) is 12.3 Å². The lowest BCUT2D eigenvalue weighted by atomic mass is 10.1. The van der Waals surface area contributed by atoms with Gasteiger partial charge in [-0.1, -0.05) is 49.4 Å². The zero-order valence-electron chi connectivity index (χ0n) is 13.6. The van der Waals surface area contributed by atoms with E-state index in [1.807, 2.05) is 55.5 Å². The third-order valence-corrected chi connectivity index (χ3v) is 3.97. The molecule has 0 saturated carbocycles. The number of hydrogen-bond acceptors (Lipinski definition) is 3. The first-order chi connectivity index (χ1) is 11.7. The molecule has 0 aliphatic carbocycles. The van der Waals surface area contributed by atoms with Crippen molar-refractivity contribution < 1.29 is 14.3 Å². The van der Waals surface area contributed by atoms with Crippen molar-refractivity contribution in [3.63, 3.8) is 0 Å². The van der Waals surface area contributed by atoms with Crippen molar-refractivity contribution in [2.45, 2.75) is 26.0 Å². The van der Waals surface area contributed by atoms with Crippen LogP contribution < -0.4 is 15.0 Å². The van der Waals surface area contributed by atoms with Crippen molar-refractivity contribution >= 4 is 17.5 Å². The molecule has 0 spiro atoms. The minimum atomic E-state index is -0.540. The van der Waals surface area contributed by atoms with E-state index in [9.17, 15) is 9.59 Å². The van der Waals surface area contributed by atoms with Gasteiger partial charge >= 0.3 is 0 Å². The van der Waals surface area contributed by atoms with E-state index in [-0.39, 0.29) is 18.4 Å². The van der Waals surface area contributed by atoms with Crippen molar-refractivity contribution in [1.82, 2.24) is 5.32 Å². The van der Waals surface area contributed by atoms with Crippen LogP contribution in [-0.4, -0.2) is 24.5 Å². The number of carbonyl (C=O) groups is 2. The van der Waals surface area contributed by atoms with E-state index in [1.165, 1.54) is 4.90 Å². The maximum atomic E-state index is 12.5. The predicted molar refractivity (Wildman–Crippen MR) is 91.8 cm³/mol. The molecule has 3 rings (SSSR count). The van der Waals surface area contributed by atoms with Crippen LogP contribution >= 0.6 is 0 Å². The molecule has 1 atom stereocenters. The van der Waals surface area contributed by atoms with E-state index in [1.54, 1.807) is 6.07 Å². The molecule has 2 amide bonds. The number of anilines is 1. The minimum absolute atomic E-state index is 0.0114. The quantitative estimate of drug-likeness (QED) is 0.919. The number of ether oxygens (including phenoxy) is 1. The highest BCUT2D eigenvalue weighted by atomic mass is 16.5. The van der Waals surface area contributed by atoms with Gasteiger partial charge in [-0.2, -0.15) is 0 Å². The summed E-state index contributed by atoms with van der Waals surface area (Å²) < 4.78 is 5.71. The standard InChI is InChI=1S/C19H20N2O3/c1-2-16-19(23)21(15-10-6-7-11-17(15)24-16)13-18(22)20-12-14-8-4-3-5-9-14/h3-11,16H,2,12-13H2,1H3,(H,20,22). The third-order valence-electron chi connectivity index (χ3n) is 3.97. The first-order valence-corrected chi connectivity index (χ1v) is 8.06. The molecule has 2 aromatic rings. The van der Waals surface area contributed by atoms with Crippen molar-refractivity contribution in [3.8, 4) is 5.75 Å². The molecular weight excluding hydrogens is 304 g/mol. The lowest BCUT2D eigenvalue weighted by Gasteiger charge is -2.33. The summed E-state index contributed by atoms with van der Waals surface area (Å²) in [6, 6.07) is 17.0. The van der Waals surface area contributed by atoms with Gasteiger partial charge in [0.25, 0.3) is 5.91 Å². The number of para-hydroxylation sites is 2. The lowest BCUT2D eigenvalue weighted by molar-refractivity contribution is -0.129. The van der Waals surface area contributed by atoms with Gasteiger partial charge in [-0.25, -0.2) is 0 Å². The highest BCUT2D eigenvalue weighted by Crippen LogP contribution is 2.34. The van der Waals surface area contributed by atoms with Gasteiger partial charge < -0.3 is 10.1 Å². The van der Waals surface area contributed by atoms with Gasteiger partial charge in [-0.3, -0.25) is 14.5 Å². The molecule has 1 unspecified atom stereocenters. The average Bonchev–Trinajstić information content (AvgIpc) is 2.63. The predicted octanol–water partition coefficient (Wildman–Crippen LogP) is 2.51. The summed E-state index contributed by atoms with van der Waals surface area (Å²) in [7, 11) is 0. The second kappa shape index (κ2) is 7.17. The summed E-state index contributed by atoms with van der Waals surface area (Å²) >= 11 is 0. The van der Waals surface area contributed by atoms with Crippen molar-refractivity contribution in [3.05, 3.63) is 60.2 Å². The second-order valence-electron chi connectivity index (χ2n) is 5.67. The molecule has 124 valence electrons. The Morgan fingerprint density at radius 2 is 1.83 bits per heavy atom. The molecule has 5 heteroatoms. The zero-order chi connectivity index (χ0) is 16.9. The summed E-state index contributed by atoms with van der Waals surface area (Å²) in [5, 5.41) is 2.86. The Hall–Kier alpha value is -2.82. The SMILES string of the molecule is CCC1Oc2ccccc2N(CC(=O)NCc2ccccc2)C1=O.